The van der Waals surface area contributed by atoms with E-state index in [2.05, 4.69) is 16.2 Å². The molecule has 0 atom stereocenters. The molecule has 130 valence electrons. The summed E-state index contributed by atoms with van der Waals surface area (Å²) < 4.78 is 5.30. The Bertz CT molecular complexity index is 708. The number of carbonyl (C=O) groups is 2. The van der Waals surface area contributed by atoms with E-state index >= 15 is 0 Å². The Kier molecular flexibility index (Phi) is 7.40. The van der Waals surface area contributed by atoms with Crippen LogP contribution in [0.2, 0.25) is 0 Å². The van der Waals surface area contributed by atoms with Gasteiger partial charge in [0.15, 0.2) is 11.7 Å². The zero-order valence-electron chi connectivity index (χ0n) is 13.5. The Morgan fingerprint density at radius 3 is 2.20 bits per heavy atom. The van der Waals surface area contributed by atoms with Crippen molar-refractivity contribution in [3.8, 4) is 5.75 Å². The average molecular weight is 357 g/mol. The Morgan fingerprint density at radius 1 is 0.880 bits per heavy atom. The SMILES string of the molecule is O=C(CCc1ccccc1)NNC(=S)NC(=O)COc1ccccc1. The number of thiocarbonyl (C=S) groups is 1. The number of hydrogen-bond donors (Lipinski definition) is 3. The van der Waals surface area contributed by atoms with E-state index in [9.17, 15) is 9.59 Å². The predicted octanol–water partition coefficient (Wildman–Crippen LogP) is 1.72. The Balaban J connectivity index is 1.61. The van der Waals surface area contributed by atoms with Crippen LogP contribution in [0.25, 0.3) is 0 Å². The van der Waals surface area contributed by atoms with E-state index < -0.39 is 5.91 Å². The summed E-state index contributed by atoms with van der Waals surface area (Å²) in [4.78, 5) is 23.5. The van der Waals surface area contributed by atoms with E-state index in [0.717, 1.165) is 5.56 Å². The predicted molar refractivity (Wildman–Crippen MR) is 98.7 cm³/mol. The highest BCUT2D eigenvalue weighted by Crippen LogP contribution is 2.07. The van der Waals surface area contributed by atoms with Crippen molar-refractivity contribution in [2.45, 2.75) is 12.8 Å². The largest absolute Gasteiger partial charge is 0.484 e. The number of hydrogen-bond acceptors (Lipinski definition) is 4. The van der Waals surface area contributed by atoms with Crippen LogP contribution in [-0.2, 0) is 16.0 Å². The fraction of sp³-hybridized carbons (Fsp3) is 0.167. The zero-order chi connectivity index (χ0) is 17.9. The van der Waals surface area contributed by atoms with E-state index in [1.165, 1.54) is 0 Å². The number of ether oxygens (including phenoxy) is 1. The van der Waals surface area contributed by atoms with Crippen molar-refractivity contribution >= 4 is 29.1 Å². The van der Waals surface area contributed by atoms with Crippen LogP contribution in [0.3, 0.4) is 0 Å². The van der Waals surface area contributed by atoms with Gasteiger partial charge in [-0.15, -0.1) is 0 Å². The minimum atomic E-state index is -0.417. The molecule has 6 nitrogen and oxygen atoms in total. The number of carbonyl (C=O) groups excluding carboxylic acids is 2. The second-order valence-electron chi connectivity index (χ2n) is 5.14. The quantitative estimate of drug-likeness (QED) is 0.542. The zero-order valence-corrected chi connectivity index (χ0v) is 14.3. The van der Waals surface area contributed by atoms with Gasteiger partial charge < -0.3 is 4.74 Å². The van der Waals surface area contributed by atoms with Crippen LogP contribution in [0.5, 0.6) is 5.75 Å². The van der Waals surface area contributed by atoms with Crippen molar-refractivity contribution in [1.82, 2.24) is 16.2 Å². The van der Waals surface area contributed by atoms with Crippen LogP contribution in [0.1, 0.15) is 12.0 Å². The van der Waals surface area contributed by atoms with Crippen LogP contribution in [0.4, 0.5) is 0 Å². The Labute approximate surface area is 151 Å². The molecule has 2 aromatic rings. The molecule has 0 unspecified atom stereocenters. The Hall–Kier alpha value is -2.93. The van der Waals surface area contributed by atoms with Crippen molar-refractivity contribution < 1.29 is 14.3 Å². The maximum absolute atomic E-state index is 11.7. The fourth-order valence-electron chi connectivity index (χ4n) is 1.95. The summed E-state index contributed by atoms with van der Waals surface area (Å²) in [6.45, 7) is -0.173. The van der Waals surface area contributed by atoms with Crippen LogP contribution in [0.15, 0.2) is 60.7 Å². The summed E-state index contributed by atoms with van der Waals surface area (Å²) in [5, 5.41) is 2.43. The van der Waals surface area contributed by atoms with Gasteiger partial charge in [0.25, 0.3) is 5.91 Å². The highest BCUT2D eigenvalue weighted by atomic mass is 32.1. The third kappa shape index (κ3) is 7.45. The topological polar surface area (TPSA) is 79.5 Å². The van der Waals surface area contributed by atoms with Gasteiger partial charge in [-0.05, 0) is 36.3 Å². The molecule has 7 heteroatoms. The number of amides is 2. The molecule has 2 amide bonds. The Morgan fingerprint density at radius 2 is 1.52 bits per heavy atom. The lowest BCUT2D eigenvalue weighted by Gasteiger charge is -2.11. The molecule has 0 fully saturated rings. The molecular formula is C18H19N3O3S. The molecule has 0 aliphatic rings. The summed E-state index contributed by atoms with van der Waals surface area (Å²) in [5.41, 5.74) is 6.01. The number of para-hydroxylation sites is 1. The molecule has 0 saturated carbocycles. The molecule has 2 rings (SSSR count). The molecule has 0 bridgehead atoms. The van der Waals surface area contributed by atoms with Gasteiger partial charge in [-0.1, -0.05) is 48.5 Å². The summed E-state index contributed by atoms with van der Waals surface area (Å²) in [6.07, 6.45) is 0.934. The van der Waals surface area contributed by atoms with Gasteiger partial charge in [-0.25, -0.2) is 0 Å². The van der Waals surface area contributed by atoms with Crippen molar-refractivity contribution in [1.29, 1.82) is 0 Å². The van der Waals surface area contributed by atoms with E-state index in [1.54, 1.807) is 12.1 Å². The average Bonchev–Trinajstić information content (AvgIpc) is 2.65. The first-order chi connectivity index (χ1) is 12.1. The molecular weight excluding hydrogens is 338 g/mol. The van der Waals surface area contributed by atoms with Gasteiger partial charge in [0, 0.05) is 6.42 Å². The molecule has 0 heterocycles. The minimum absolute atomic E-state index is 0.00900. The van der Waals surface area contributed by atoms with Gasteiger partial charge in [0.2, 0.25) is 5.91 Å². The van der Waals surface area contributed by atoms with Gasteiger partial charge in [-0.2, -0.15) is 0 Å². The second kappa shape index (κ2) is 10.0. The molecule has 0 aliphatic heterocycles. The van der Waals surface area contributed by atoms with Crippen molar-refractivity contribution in [2.24, 2.45) is 0 Å². The van der Waals surface area contributed by atoms with Gasteiger partial charge in [-0.3, -0.25) is 25.8 Å². The first kappa shape index (κ1) is 18.4. The first-order valence-corrected chi connectivity index (χ1v) is 8.15. The van der Waals surface area contributed by atoms with E-state index in [-0.39, 0.29) is 17.6 Å². The molecule has 0 radical (unpaired) electrons. The third-order valence-electron chi connectivity index (χ3n) is 3.17. The second-order valence-corrected chi connectivity index (χ2v) is 5.55. The molecule has 0 spiro atoms. The van der Waals surface area contributed by atoms with Crippen molar-refractivity contribution in [3.63, 3.8) is 0 Å². The first-order valence-electron chi connectivity index (χ1n) is 7.74. The highest BCUT2D eigenvalue weighted by molar-refractivity contribution is 7.80. The van der Waals surface area contributed by atoms with Gasteiger partial charge >= 0.3 is 0 Å². The molecule has 0 aromatic heterocycles. The molecule has 0 saturated heterocycles. The number of rotatable bonds is 6. The summed E-state index contributed by atoms with van der Waals surface area (Å²) in [6, 6.07) is 18.7. The maximum atomic E-state index is 11.7. The van der Waals surface area contributed by atoms with E-state index in [4.69, 9.17) is 17.0 Å². The van der Waals surface area contributed by atoms with E-state index in [1.807, 2.05) is 48.5 Å². The lowest BCUT2D eigenvalue weighted by atomic mass is 10.1. The normalized spacial score (nSPS) is 9.76. The molecule has 3 N–H and O–H groups in total. The fourth-order valence-corrected chi connectivity index (χ4v) is 2.12. The summed E-state index contributed by atoms with van der Waals surface area (Å²) in [7, 11) is 0. The lowest BCUT2D eigenvalue weighted by molar-refractivity contribution is -0.123. The number of benzene rings is 2. The monoisotopic (exact) mass is 357 g/mol. The standard InChI is InChI=1S/C18H19N3O3S/c22-16(12-11-14-7-3-1-4-8-14)20-21-18(25)19-17(23)13-24-15-9-5-2-6-10-15/h1-10H,11-13H2,(H,20,22)(H2,19,21,23,25). The minimum Gasteiger partial charge on any atom is -0.484 e. The number of aryl methyl sites for hydroxylation is 1. The molecule has 25 heavy (non-hydrogen) atoms. The van der Waals surface area contributed by atoms with Crippen LogP contribution >= 0.6 is 12.2 Å². The van der Waals surface area contributed by atoms with E-state index in [0.29, 0.717) is 18.6 Å². The van der Waals surface area contributed by atoms with Crippen molar-refractivity contribution in [2.75, 3.05) is 6.61 Å². The number of hydrazine groups is 1. The van der Waals surface area contributed by atoms with Crippen molar-refractivity contribution in [3.05, 3.63) is 66.2 Å². The van der Waals surface area contributed by atoms with Crippen LogP contribution < -0.4 is 20.9 Å². The highest BCUT2D eigenvalue weighted by Gasteiger charge is 2.07. The summed E-state index contributed by atoms with van der Waals surface area (Å²) in [5.74, 6) is -0.0494. The molecule has 0 aliphatic carbocycles. The van der Waals surface area contributed by atoms with Gasteiger partial charge in [0.1, 0.15) is 5.75 Å². The lowest BCUT2D eigenvalue weighted by Crippen LogP contribution is -2.49. The molecule has 2 aromatic carbocycles. The van der Waals surface area contributed by atoms with Gasteiger partial charge in [0.05, 0.1) is 0 Å². The smallest absolute Gasteiger partial charge is 0.264 e. The maximum Gasteiger partial charge on any atom is 0.264 e. The van der Waals surface area contributed by atoms with Crippen LogP contribution in [0, 0.1) is 0 Å². The third-order valence-corrected chi connectivity index (χ3v) is 3.37. The van der Waals surface area contributed by atoms with Crippen LogP contribution in [-0.4, -0.2) is 23.5 Å². The number of nitrogens with one attached hydrogen (secondary N) is 3. The summed E-state index contributed by atoms with van der Waals surface area (Å²) >= 11 is 4.94.